The number of thiophene rings is 1. The molecule has 2 aliphatic carbocycles. The van der Waals surface area contributed by atoms with Gasteiger partial charge in [0.1, 0.15) is 12.0 Å². The Balaban J connectivity index is 1.41. The summed E-state index contributed by atoms with van der Waals surface area (Å²) in [6, 6.07) is 10.7. The zero-order valence-electron chi connectivity index (χ0n) is 24.4. The summed E-state index contributed by atoms with van der Waals surface area (Å²) in [7, 11) is 1.12. The van der Waals surface area contributed by atoms with Gasteiger partial charge in [-0.1, -0.05) is 30.3 Å². The van der Waals surface area contributed by atoms with Gasteiger partial charge in [0.05, 0.1) is 18.7 Å². The molecule has 0 spiro atoms. The summed E-state index contributed by atoms with van der Waals surface area (Å²) in [5.41, 5.74) is 1.93. The third-order valence-electron chi connectivity index (χ3n) is 9.21. The molecule has 0 N–H and O–H groups in total. The Morgan fingerprint density at radius 1 is 1.07 bits per heavy atom. The van der Waals surface area contributed by atoms with Gasteiger partial charge in [0, 0.05) is 41.2 Å². The zero-order chi connectivity index (χ0) is 31.9. The minimum absolute atomic E-state index is 0.0994. The molecular formula is C33H26F3N3O6S. The molecule has 4 aliphatic rings. The monoisotopic (exact) mass is 649 g/mol. The molecule has 1 fully saturated rings. The highest BCUT2D eigenvalue weighted by Gasteiger charge is 2.50. The second-order valence-electron chi connectivity index (χ2n) is 11.6. The first-order chi connectivity index (χ1) is 22.2. The van der Waals surface area contributed by atoms with E-state index < -0.39 is 60.2 Å². The van der Waals surface area contributed by atoms with E-state index in [-0.39, 0.29) is 17.0 Å². The van der Waals surface area contributed by atoms with Gasteiger partial charge in [0.25, 0.3) is 11.8 Å². The highest BCUT2D eigenvalue weighted by atomic mass is 32.1. The van der Waals surface area contributed by atoms with Gasteiger partial charge in [-0.3, -0.25) is 19.3 Å². The highest BCUT2D eigenvalue weighted by molar-refractivity contribution is 7.14. The summed E-state index contributed by atoms with van der Waals surface area (Å²) >= 11 is 1.35. The molecule has 8 rings (SSSR count). The second kappa shape index (κ2) is 10.4. The predicted molar refractivity (Wildman–Crippen MR) is 161 cm³/mol. The minimum Gasteiger partial charge on any atom is -0.451 e. The zero-order valence-corrected chi connectivity index (χ0v) is 25.2. The standard InChI is InChI=1S/C33H26F3N3O6S/c1-43-32(42)45-16-44-29-22(40)11-13-38-28(29)31(41)37-12-5-4-8-23(37)39(38)27-18-6-2-3-7-19(18)30-24-17(15-46-30)14-33(35,36)26-21(34)10-9-20(27)25(24)26/h2-3,6-7,9-11,13,15,23,27H,4-5,8,12,14,16H2,1H3/t23-,27?/m1/s1. The number of aromatic nitrogens is 1. The number of benzene rings is 2. The summed E-state index contributed by atoms with van der Waals surface area (Å²) in [5, 5.41) is 3.65. The van der Waals surface area contributed by atoms with Crippen LogP contribution in [0.1, 0.15) is 58.0 Å². The first kappa shape index (κ1) is 28.7. The van der Waals surface area contributed by atoms with E-state index in [4.69, 9.17) is 9.47 Å². The van der Waals surface area contributed by atoms with Gasteiger partial charge in [-0.25, -0.2) is 18.0 Å². The normalized spacial score (nSPS) is 20.1. The van der Waals surface area contributed by atoms with E-state index >= 15 is 13.2 Å². The minimum atomic E-state index is -3.44. The summed E-state index contributed by atoms with van der Waals surface area (Å²) in [6.45, 7) is -0.307. The van der Waals surface area contributed by atoms with Gasteiger partial charge in [-0.2, -0.15) is 0 Å². The largest absolute Gasteiger partial charge is 0.510 e. The van der Waals surface area contributed by atoms with Gasteiger partial charge >= 0.3 is 6.16 Å². The van der Waals surface area contributed by atoms with Crippen LogP contribution >= 0.6 is 11.3 Å². The highest BCUT2D eigenvalue weighted by Crippen LogP contribution is 2.58. The Morgan fingerprint density at radius 3 is 2.72 bits per heavy atom. The molecule has 4 heterocycles. The van der Waals surface area contributed by atoms with Crippen LogP contribution in [0.15, 0.2) is 58.8 Å². The number of carbonyl (C=O) groups is 2. The number of nitrogens with zero attached hydrogens (tertiary/aromatic N) is 3. The van der Waals surface area contributed by atoms with Crippen LogP contribution in [0, 0.1) is 5.82 Å². The van der Waals surface area contributed by atoms with Crippen LogP contribution in [-0.2, 0) is 21.8 Å². The number of methoxy groups -OCH3 is 1. The first-order valence-electron chi connectivity index (χ1n) is 14.8. The molecule has 46 heavy (non-hydrogen) atoms. The van der Waals surface area contributed by atoms with Gasteiger partial charge in [0.15, 0.2) is 5.69 Å². The lowest BCUT2D eigenvalue weighted by molar-refractivity contribution is -0.00827. The second-order valence-corrected chi connectivity index (χ2v) is 12.5. The molecule has 0 bridgehead atoms. The Bertz CT molecular complexity index is 2010. The quantitative estimate of drug-likeness (QED) is 0.193. The lowest BCUT2D eigenvalue weighted by Crippen LogP contribution is -2.63. The van der Waals surface area contributed by atoms with E-state index in [1.165, 1.54) is 23.6 Å². The summed E-state index contributed by atoms with van der Waals surface area (Å²) in [5.74, 6) is -5.21. The topological polar surface area (TPSA) is 90.3 Å². The van der Waals surface area contributed by atoms with Crippen LogP contribution in [0.5, 0.6) is 5.75 Å². The fraction of sp³-hybridized carbons (Fsp3) is 0.303. The van der Waals surface area contributed by atoms with Crippen molar-refractivity contribution in [1.29, 1.82) is 0 Å². The maximum atomic E-state index is 15.8. The number of alkyl halides is 2. The average Bonchev–Trinajstić information content (AvgIpc) is 3.41. The molecule has 4 aromatic rings. The molecule has 2 aliphatic heterocycles. The summed E-state index contributed by atoms with van der Waals surface area (Å²) in [4.78, 5) is 41.3. The Labute approximate surface area is 264 Å². The summed E-state index contributed by atoms with van der Waals surface area (Å²) in [6.07, 6.45) is 1.37. The van der Waals surface area contributed by atoms with E-state index in [1.54, 1.807) is 21.0 Å². The van der Waals surface area contributed by atoms with Gasteiger partial charge in [0.2, 0.25) is 18.0 Å². The summed E-state index contributed by atoms with van der Waals surface area (Å²) < 4.78 is 63.7. The molecular weight excluding hydrogens is 623 g/mol. The first-order valence-corrected chi connectivity index (χ1v) is 15.7. The van der Waals surface area contributed by atoms with Crippen molar-refractivity contribution >= 4 is 23.4 Å². The fourth-order valence-corrected chi connectivity index (χ4v) is 8.53. The lowest BCUT2D eigenvalue weighted by Gasteiger charge is -2.52. The van der Waals surface area contributed by atoms with Crippen LogP contribution in [0.2, 0.25) is 0 Å². The molecule has 0 saturated carbocycles. The molecule has 2 atom stereocenters. The number of halogens is 3. The predicted octanol–water partition coefficient (Wildman–Crippen LogP) is 6.16. The fourth-order valence-electron chi connectivity index (χ4n) is 7.40. The molecule has 236 valence electrons. The smallest absolute Gasteiger partial charge is 0.451 e. The van der Waals surface area contributed by atoms with Crippen LogP contribution in [0.25, 0.3) is 21.6 Å². The number of carbonyl (C=O) groups excluding carboxylic acids is 2. The van der Waals surface area contributed by atoms with Gasteiger partial charge < -0.3 is 19.1 Å². The van der Waals surface area contributed by atoms with Crippen LogP contribution in [-0.4, -0.2) is 48.3 Å². The molecule has 2 aromatic carbocycles. The van der Waals surface area contributed by atoms with E-state index in [0.717, 1.165) is 42.0 Å². The van der Waals surface area contributed by atoms with Crippen LogP contribution < -0.4 is 15.2 Å². The lowest BCUT2D eigenvalue weighted by atomic mass is 9.80. The number of hydrogen-bond donors (Lipinski definition) is 0. The van der Waals surface area contributed by atoms with Crippen molar-refractivity contribution < 1.29 is 37.0 Å². The van der Waals surface area contributed by atoms with E-state index in [2.05, 4.69) is 4.74 Å². The Kier molecular flexibility index (Phi) is 6.47. The van der Waals surface area contributed by atoms with E-state index in [9.17, 15) is 14.4 Å². The number of piperidine rings is 1. The molecule has 2 aromatic heterocycles. The van der Waals surface area contributed by atoms with Crippen LogP contribution in [0.3, 0.4) is 0 Å². The van der Waals surface area contributed by atoms with Crippen molar-refractivity contribution in [2.75, 3.05) is 25.5 Å². The van der Waals surface area contributed by atoms with Gasteiger partial charge in [-0.05, 0) is 53.0 Å². The SMILES string of the molecule is COC(=O)OCOc1c2n(ccc1=O)N(C1c3ccccc3-c3scc4c3-c3c1ccc(F)c3C(F)(F)C4)[C@@H]1CCCCN1C2=O. The van der Waals surface area contributed by atoms with Crippen molar-refractivity contribution in [1.82, 2.24) is 9.58 Å². The number of hydrogen-bond acceptors (Lipinski definition) is 8. The maximum Gasteiger partial charge on any atom is 0.510 e. The van der Waals surface area contributed by atoms with Crippen molar-refractivity contribution in [3.8, 4) is 27.3 Å². The molecule has 0 radical (unpaired) electrons. The molecule has 1 saturated heterocycles. The van der Waals surface area contributed by atoms with Crippen molar-refractivity contribution in [2.45, 2.75) is 43.8 Å². The third kappa shape index (κ3) is 4.03. The van der Waals surface area contributed by atoms with Crippen molar-refractivity contribution in [2.24, 2.45) is 0 Å². The van der Waals surface area contributed by atoms with Gasteiger partial charge in [-0.15, -0.1) is 11.3 Å². The number of ether oxygens (including phenoxy) is 3. The van der Waals surface area contributed by atoms with E-state index in [0.29, 0.717) is 29.7 Å². The molecule has 1 amide bonds. The van der Waals surface area contributed by atoms with Crippen molar-refractivity contribution in [3.63, 3.8) is 0 Å². The Morgan fingerprint density at radius 2 is 1.89 bits per heavy atom. The number of rotatable bonds is 4. The molecule has 9 nitrogen and oxygen atoms in total. The maximum absolute atomic E-state index is 15.8. The van der Waals surface area contributed by atoms with E-state index in [1.807, 2.05) is 29.3 Å². The average molecular weight is 650 g/mol. The molecule has 1 unspecified atom stereocenters. The Hall–Kier alpha value is -4.78. The number of amides is 1. The number of pyridine rings is 1. The molecule has 13 heteroatoms. The van der Waals surface area contributed by atoms with Crippen LogP contribution in [0.4, 0.5) is 18.0 Å². The third-order valence-corrected chi connectivity index (χ3v) is 10.3. The number of fused-ring (bicyclic) bond motifs is 4. The van der Waals surface area contributed by atoms with Crippen molar-refractivity contribution in [3.05, 3.63) is 98.0 Å².